The highest BCUT2D eigenvalue weighted by Crippen LogP contribution is 2.25. The van der Waals surface area contributed by atoms with Crippen molar-refractivity contribution >= 4 is 40.2 Å². The molecule has 0 fully saturated rings. The SMILES string of the molecule is C[Si](C)(CCc1ccc(N=C=O)cc1)O[Si](C)(C)CCc1ccc(N=C=O)cc1. The first kappa shape index (κ1) is 22.9. The molecule has 0 saturated heterocycles. The number of aryl methyl sites for hydroxylation is 2. The van der Waals surface area contributed by atoms with Crippen molar-refractivity contribution < 1.29 is 13.7 Å². The van der Waals surface area contributed by atoms with Crippen LogP contribution < -0.4 is 0 Å². The second kappa shape index (κ2) is 10.4. The third-order valence-electron chi connectivity index (χ3n) is 4.81. The molecular weight excluding hydrogens is 396 g/mol. The van der Waals surface area contributed by atoms with Gasteiger partial charge in [-0.05, 0) is 86.5 Å². The molecule has 0 amide bonds. The zero-order valence-electron chi connectivity index (χ0n) is 17.6. The second-order valence-corrected chi connectivity index (χ2v) is 17.2. The van der Waals surface area contributed by atoms with E-state index in [9.17, 15) is 9.59 Å². The first-order valence-electron chi connectivity index (χ1n) is 9.77. The normalized spacial score (nSPS) is 11.4. The van der Waals surface area contributed by atoms with E-state index in [-0.39, 0.29) is 0 Å². The van der Waals surface area contributed by atoms with Crippen molar-refractivity contribution in [2.24, 2.45) is 9.98 Å². The summed E-state index contributed by atoms with van der Waals surface area (Å²) in [5, 5.41) is 0. The van der Waals surface area contributed by atoms with E-state index in [1.54, 1.807) is 12.2 Å². The minimum absolute atomic E-state index is 0.635. The minimum atomic E-state index is -1.79. The van der Waals surface area contributed by atoms with Gasteiger partial charge in [0.1, 0.15) is 0 Å². The van der Waals surface area contributed by atoms with Crippen LogP contribution >= 0.6 is 0 Å². The Morgan fingerprint density at radius 3 is 1.34 bits per heavy atom. The van der Waals surface area contributed by atoms with Gasteiger partial charge in [0.05, 0.1) is 11.4 Å². The largest absolute Gasteiger partial charge is 0.455 e. The Balaban J connectivity index is 1.87. The van der Waals surface area contributed by atoms with E-state index in [1.165, 1.54) is 11.1 Å². The smallest absolute Gasteiger partial charge is 0.240 e. The van der Waals surface area contributed by atoms with Crippen LogP contribution in [-0.4, -0.2) is 28.8 Å². The van der Waals surface area contributed by atoms with Crippen LogP contribution in [0, 0.1) is 0 Å². The molecule has 2 aromatic carbocycles. The molecule has 0 unspecified atom stereocenters. The van der Waals surface area contributed by atoms with Gasteiger partial charge >= 0.3 is 0 Å². The minimum Gasteiger partial charge on any atom is -0.455 e. The number of hydrogen-bond donors (Lipinski definition) is 0. The summed E-state index contributed by atoms with van der Waals surface area (Å²) in [7, 11) is -3.58. The molecule has 0 aliphatic carbocycles. The van der Waals surface area contributed by atoms with Gasteiger partial charge in [-0.3, -0.25) is 0 Å². The number of rotatable bonds is 10. The van der Waals surface area contributed by atoms with Crippen LogP contribution in [0.4, 0.5) is 11.4 Å². The van der Waals surface area contributed by atoms with E-state index in [1.807, 2.05) is 48.5 Å². The summed E-state index contributed by atoms with van der Waals surface area (Å²) in [6, 6.07) is 17.6. The predicted molar refractivity (Wildman–Crippen MR) is 122 cm³/mol. The summed E-state index contributed by atoms with van der Waals surface area (Å²) < 4.78 is 6.73. The number of carbonyl (C=O) groups excluding carboxylic acids is 2. The molecule has 2 rings (SSSR count). The molecule has 2 aromatic rings. The van der Waals surface area contributed by atoms with Gasteiger partial charge in [0.15, 0.2) is 16.6 Å². The van der Waals surface area contributed by atoms with Crippen LogP contribution in [0.3, 0.4) is 0 Å². The van der Waals surface area contributed by atoms with E-state index in [0.717, 1.165) is 24.9 Å². The van der Waals surface area contributed by atoms with Gasteiger partial charge in [0.2, 0.25) is 12.2 Å². The van der Waals surface area contributed by atoms with Gasteiger partial charge in [-0.25, -0.2) is 9.59 Å². The average molecular weight is 425 g/mol. The molecule has 152 valence electrons. The molecular formula is C22H28N2O3Si2. The Morgan fingerprint density at radius 1 is 0.690 bits per heavy atom. The molecule has 0 spiro atoms. The van der Waals surface area contributed by atoms with E-state index in [2.05, 4.69) is 36.2 Å². The highest BCUT2D eigenvalue weighted by Gasteiger charge is 2.32. The van der Waals surface area contributed by atoms with Crippen molar-refractivity contribution in [3.8, 4) is 0 Å². The molecule has 0 saturated carbocycles. The molecule has 0 aliphatic rings. The van der Waals surface area contributed by atoms with Crippen LogP contribution in [0.25, 0.3) is 0 Å². The van der Waals surface area contributed by atoms with Gasteiger partial charge < -0.3 is 4.12 Å². The Kier molecular flexibility index (Phi) is 8.20. The maximum absolute atomic E-state index is 10.3. The lowest BCUT2D eigenvalue weighted by Crippen LogP contribution is -2.44. The predicted octanol–water partition coefficient (Wildman–Crippen LogP) is 5.83. The molecule has 0 radical (unpaired) electrons. The molecule has 0 aliphatic heterocycles. The van der Waals surface area contributed by atoms with Crippen molar-refractivity contribution in [1.82, 2.24) is 0 Å². The number of benzene rings is 2. The molecule has 0 heterocycles. The summed E-state index contributed by atoms with van der Waals surface area (Å²) in [6.45, 7) is 9.16. The van der Waals surface area contributed by atoms with Crippen molar-refractivity contribution in [2.75, 3.05) is 0 Å². The Morgan fingerprint density at radius 2 is 1.03 bits per heavy atom. The average Bonchev–Trinajstić information content (AvgIpc) is 2.67. The van der Waals surface area contributed by atoms with Gasteiger partial charge in [0, 0.05) is 0 Å². The van der Waals surface area contributed by atoms with Gasteiger partial charge in [0.25, 0.3) is 0 Å². The van der Waals surface area contributed by atoms with Gasteiger partial charge in [-0.2, -0.15) is 9.98 Å². The second-order valence-electron chi connectivity index (χ2n) is 8.36. The van der Waals surface area contributed by atoms with E-state index in [4.69, 9.17) is 4.12 Å². The lowest BCUT2D eigenvalue weighted by molar-refractivity contribution is 0.536. The highest BCUT2D eigenvalue weighted by molar-refractivity contribution is 6.84. The zero-order valence-corrected chi connectivity index (χ0v) is 19.6. The molecule has 0 N–H and O–H groups in total. The van der Waals surface area contributed by atoms with Crippen LogP contribution in [0.15, 0.2) is 58.5 Å². The van der Waals surface area contributed by atoms with E-state index < -0.39 is 16.6 Å². The lowest BCUT2D eigenvalue weighted by atomic mass is 10.1. The number of hydrogen-bond acceptors (Lipinski definition) is 5. The van der Waals surface area contributed by atoms with Crippen LogP contribution in [0.2, 0.25) is 38.3 Å². The fourth-order valence-electron chi connectivity index (χ4n) is 3.32. The van der Waals surface area contributed by atoms with E-state index in [0.29, 0.717) is 11.4 Å². The van der Waals surface area contributed by atoms with Crippen LogP contribution in [0.5, 0.6) is 0 Å². The maximum atomic E-state index is 10.3. The standard InChI is InChI=1S/C22H28N2O3Si2/c1-28(2,15-13-19-5-9-21(10-6-19)23-17-25)27-29(3,4)16-14-20-7-11-22(12-8-20)24-18-26/h5-12H,13-16H2,1-4H3. The molecule has 29 heavy (non-hydrogen) atoms. The third kappa shape index (κ3) is 8.24. The molecule has 7 heteroatoms. The first-order valence-corrected chi connectivity index (χ1v) is 16.0. The van der Waals surface area contributed by atoms with Crippen molar-refractivity contribution in [1.29, 1.82) is 0 Å². The van der Waals surface area contributed by atoms with Crippen molar-refractivity contribution in [3.05, 3.63) is 59.7 Å². The topological polar surface area (TPSA) is 68.1 Å². The Hall–Kier alpha value is -2.41. The van der Waals surface area contributed by atoms with E-state index >= 15 is 0 Å². The first-order chi connectivity index (χ1) is 13.7. The molecule has 0 atom stereocenters. The summed E-state index contributed by atoms with van der Waals surface area (Å²) >= 11 is 0. The molecule has 0 aromatic heterocycles. The van der Waals surface area contributed by atoms with Crippen molar-refractivity contribution in [3.63, 3.8) is 0 Å². The summed E-state index contributed by atoms with van der Waals surface area (Å²) in [5.74, 6) is 0. The fourth-order valence-corrected chi connectivity index (χ4v) is 11.9. The fraction of sp³-hybridized carbons (Fsp3) is 0.364. The zero-order chi connectivity index (χ0) is 21.3. The number of isocyanates is 2. The highest BCUT2D eigenvalue weighted by atomic mass is 28.4. The lowest BCUT2D eigenvalue weighted by Gasteiger charge is -2.34. The van der Waals surface area contributed by atoms with Gasteiger partial charge in [-0.1, -0.05) is 24.3 Å². The van der Waals surface area contributed by atoms with Crippen LogP contribution in [0.1, 0.15) is 11.1 Å². The van der Waals surface area contributed by atoms with Gasteiger partial charge in [-0.15, -0.1) is 0 Å². The third-order valence-corrected chi connectivity index (χ3v) is 12.1. The Bertz CT molecular complexity index is 821. The summed E-state index contributed by atoms with van der Waals surface area (Å²) in [4.78, 5) is 27.9. The number of aliphatic imine (C=N–C) groups is 2. The van der Waals surface area contributed by atoms with Crippen molar-refractivity contribution in [2.45, 2.75) is 51.1 Å². The number of nitrogens with zero attached hydrogens (tertiary/aromatic N) is 2. The summed E-state index contributed by atoms with van der Waals surface area (Å²) in [6.07, 6.45) is 5.06. The maximum Gasteiger partial charge on any atom is 0.240 e. The monoisotopic (exact) mass is 424 g/mol. The Labute approximate surface area is 174 Å². The summed E-state index contributed by atoms with van der Waals surface area (Å²) in [5.41, 5.74) is 3.74. The quantitative estimate of drug-likeness (QED) is 0.274. The molecule has 5 nitrogen and oxygen atoms in total. The van der Waals surface area contributed by atoms with Crippen LogP contribution in [-0.2, 0) is 26.5 Å². The molecule has 0 bridgehead atoms.